The number of rotatable bonds is 2. The van der Waals surface area contributed by atoms with E-state index in [0.717, 1.165) is 54.5 Å². The first kappa shape index (κ1) is 19.9. The molecule has 158 valence electrons. The van der Waals surface area contributed by atoms with E-state index in [0.29, 0.717) is 5.84 Å². The SMILES string of the molecule is COC1CCC2(CC1)Cc1ccc(-c3ccc(F)c(C#N)c3)cc1[C@@]21N=C(C)C(N)=N1. The third-order valence-corrected chi connectivity index (χ3v) is 7.38. The number of fused-ring (bicyclic) bond motifs is 3. The zero-order chi connectivity index (χ0) is 21.8. The molecule has 2 aromatic carbocycles. The lowest BCUT2D eigenvalue weighted by Crippen LogP contribution is -2.43. The molecule has 1 saturated carbocycles. The summed E-state index contributed by atoms with van der Waals surface area (Å²) in [7, 11) is 1.78. The van der Waals surface area contributed by atoms with Gasteiger partial charge in [0, 0.05) is 18.1 Å². The monoisotopic (exact) mass is 416 g/mol. The second-order valence-electron chi connectivity index (χ2n) is 8.94. The Morgan fingerprint density at radius 2 is 1.84 bits per heavy atom. The fourth-order valence-corrected chi connectivity index (χ4v) is 5.64. The van der Waals surface area contributed by atoms with Crippen LogP contribution in [0.1, 0.15) is 49.3 Å². The van der Waals surface area contributed by atoms with Crippen molar-refractivity contribution in [2.45, 2.75) is 50.8 Å². The van der Waals surface area contributed by atoms with Crippen LogP contribution in [-0.4, -0.2) is 24.8 Å². The number of nitrogens with two attached hydrogens (primary N) is 1. The predicted octanol–water partition coefficient (Wildman–Crippen LogP) is 4.48. The van der Waals surface area contributed by atoms with Crippen LogP contribution in [0.2, 0.25) is 0 Å². The summed E-state index contributed by atoms with van der Waals surface area (Å²) in [6.07, 6.45) is 5.08. The maximum atomic E-state index is 13.8. The van der Waals surface area contributed by atoms with Crippen molar-refractivity contribution in [3.63, 3.8) is 0 Å². The van der Waals surface area contributed by atoms with Crippen LogP contribution in [0.15, 0.2) is 46.4 Å². The Bertz CT molecular complexity index is 1150. The topological polar surface area (TPSA) is 83.8 Å². The van der Waals surface area contributed by atoms with Gasteiger partial charge in [0.25, 0.3) is 0 Å². The highest BCUT2D eigenvalue weighted by molar-refractivity contribution is 6.41. The molecule has 0 saturated heterocycles. The van der Waals surface area contributed by atoms with Crippen molar-refractivity contribution in [1.29, 1.82) is 5.26 Å². The Hall–Kier alpha value is -3.04. The van der Waals surface area contributed by atoms with Crippen molar-refractivity contribution in [2.24, 2.45) is 21.1 Å². The summed E-state index contributed by atoms with van der Waals surface area (Å²) in [5.41, 5.74) is 10.3. The van der Waals surface area contributed by atoms with Gasteiger partial charge in [0.05, 0.1) is 17.4 Å². The maximum Gasteiger partial charge on any atom is 0.184 e. The van der Waals surface area contributed by atoms with Crippen molar-refractivity contribution in [3.8, 4) is 17.2 Å². The zero-order valence-corrected chi connectivity index (χ0v) is 17.8. The summed E-state index contributed by atoms with van der Waals surface area (Å²) in [5.74, 6) is -0.00818. The Kier molecular flexibility index (Phi) is 4.49. The Morgan fingerprint density at radius 3 is 2.48 bits per heavy atom. The third kappa shape index (κ3) is 2.84. The van der Waals surface area contributed by atoms with E-state index in [9.17, 15) is 9.65 Å². The minimum absolute atomic E-state index is 0.0408. The Balaban J connectivity index is 1.64. The number of halogens is 1. The fraction of sp³-hybridized carbons (Fsp3) is 0.400. The first-order valence-electron chi connectivity index (χ1n) is 10.7. The zero-order valence-electron chi connectivity index (χ0n) is 17.8. The summed E-state index contributed by atoms with van der Waals surface area (Å²) in [6.45, 7) is 1.92. The average Bonchev–Trinajstić information content (AvgIpc) is 3.22. The molecule has 0 unspecified atom stereocenters. The van der Waals surface area contributed by atoms with Crippen molar-refractivity contribution < 1.29 is 9.13 Å². The van der Waals surface area contributed by atoms with Crippen LogP contribution >= 0.6 is 0 Å². The van der Waals surface area contributed by atoms with Crippen molar-refractivity contribution in [1.82, 2.24) is 0 Å². The van der Waals surface area contributed by atoms with Gasteiger partial charge in [-0.3, -0.25) is 4.99 Å². The maximum absolute atomic E-state index is 13.8. The minimum Gasteiger partial charge on any atom is -0.382 e. The Labute approximate surface area is 181 Å². The van der Waals surface area contributed by atoms with E-state index in [-0.39, 0.29) is 17.1 Å². The molecule has 2 N–H and O–H groups in total. The molecule has 2 aliphatic carbocycles. The van der Waals surface area contributed by atoms with E-state index in [2.05, 4.69) is 12.1 Å². The van der Waals surface area contributed by atoms with Crippen LogP contribution in [0.5, 0.6) is 0 Å². The molecule has 31 heavy (non-hydrogen) atoms. The highest BCUT2D eigenvalue weighted by Crippen LogP contribution is 2.62. The van der Waals surface area contributed by atoms with Gasteiger partial charge in [0.15, 0.2) is 5.66 Å². The molecule has 1 heterocycles. The molecule has 0 amide bonds. The minimum atomic E-state index is -0.719. The second-order valence-corrected chi connectivity index (χ2v) is 8.94. The number of nitrogens with zero attached hydrogens (tertiary/aromatic N) is 3. The molecule has 2 aromatic rings. The molecule has 5 rings (SSSR count). The molecule has 0 bridgehead atoms. The summed E-state index contributed by atoms with van der Waals surface area (Å²) in [5, 5.41) is 9.23. The van der Waals surface area contributed by atoms with Crippen LogP contribution in [0, 0.1) is 22.6 Å². The van der Waals surface area contributed by atoms with Crippen molar-refractivity contribution in [3.05, 3.63) is 58.9 Å². The number of benzene rings is 2. The van der Waals surface area contributed by atoms with E-state index < -0.39 is 11.5 Å². The van der Waals surface area contributed by atoms with Gasteiger partial charge in [0.1, 0.15) is 17.7 Å². The molecule has 1 atom stereocenters. The van der Waals surface area contributed by atoms with Gasteiger partial charge in [-0.1, -0.05) is 18.2 Å². The molecule has 2 spiro atoms. The standard InChI is InChI=1S/C25H25FN4O/c1-15-23(28)30-25(29-15)21-12-17(16-5-6-22(26)19(11-16)14-27)3-4-18(21)13-24(25)9-7-20(31-2)8-10-24/h3-6,11-12,20H,7-10,13H2,1-2H3,(H2,28,30)/t20?,24?,25-/m0/s1. The Morgan fingerprint density at radius 1 is 1.13 bits per heavy atom. The molecular weight excluding hydrogens is 391 g/mol. The molecule has 0 aromatic heterocycles. The van der Waals surface area contributed by atoms with E-state index in [1.165, 1.54) is 11.6 Å². The van der Waals surface area contributed by atoms with Gasteiger partial charge in [-0.15, -0.1) is 0 Å². The quantitative estimate of drug-likeness (QED) is 0.783. The average molecular weight is 417 g/mol. The molecule has 5 nitrogen and oxygen atoms in total. The number of hydrogen-bond acceptors (Lipinski definition) is 5. The number of ether oxygens (including phenoxy) is 1. The molecule has 1 aliphatic heterocycles. The lowest BCUT2D eigenvalue weighted by atomic mass is 9.65. The third-order valence-electron chi connectivity index (χ3n) is 7.38. The lowest BCUT2D eigenvalue weighted by molar-refractivity contribution is -0.000372. The summed E-state index contributed by atoms with van der Waals surface area (Å²) in [4.78, 5) is 10.1. The van der Waals surface area contributed by atoms with Crippen LogP contribution in [0.25, 0.3) is 11.1 Å². The number of nitriles is 1. The van der Waals surface area contributed by atoms with Gasteiger partial charge in [-0.2, -0.15) is 5.26 Å². The van der Waals surface area contributed by atoms with Crippen LogP contribution < -0.4 is 5.73 Å². The van der Waals surface area contributed by atoms with Gasteiger partial charge in [-0.05, 0) is 73.9 Å². The fourth-order valence-electron chi connectivity index (χ4n) is 5.64. The van der Waals surface area contributed by atoms with Crippen LogP contribution in [0.3, 0.4) is 0 Å². The van der Waals surface area contributed by atoms with Crippen LogP contribution in [-0.2, 0) is 16.8 Å². The van der Waals surface area contributed by atoms with Crippen molar-refractivity contribution in [2.75, 3.05) is 7.11 Å². The highest BCUT2D eigenvalue weighted by atomic mass is 19.1. The molecule has 1 fully saturated rings. The van der Waals surface area contributed by atoms with E-state index in [1.807, 2.05) is 19.1 Å². The highest BCUT2D eigenvalue weighted by Gasteiger charge is 2.60. The lowest BCUT2D eigenvalue weighted by Gasteiger charge is -2.44. The molecule has 0 radical (unpaired) electrons. The first-order chi connectivity index (χ1) is 14.9. The first-order valence-corrected chi connectivity index (χ1v) is 10.7. The predicted molar refractivity (Wildman–Crippen MR) is 118 cm³/mol. The number of hydrogen-bond donors (Lipinski definition) is 1. The van der Waals surface area contributed by atoms with Gasteiger partial charge >= 0.3 is 0 Å². The number of methoxy groups -OCH3 is 1. The summed E-state index contributed by atoms with van der Waals surface area (Å²) < 4.78 is 19.5. The van der Waals surface area contributed by atoms with E-state index in [4.69, 9.17) is 20.5 Å². The number of aliphatic imine (C=N–C) groups is 2. The van der Waals surface area contributed by atoms with E-state index in [1.54, 1.807) is 19.2 Å². The van der Waals surface area contributed by atoms with Gasteiger partial charge in [0.2, 0.25) is 0 Å². The second kappa shape index (κ2) is 7.00. The smallest absolute Gasteiger partial charge is 0.184 e. The molecule has 6 heteroatoms. The normalized spacial score (nSPS) is 29.0. The molecular formula is C25H25FN4O. The van der Waals surface area contributed by atoms with Gasteiger partial charge < -0.3 is 10.5 Å². The largest absolute Gasteiger partial charge is 0.382 e. The van der Waals surface area contributed by atoms with Crippen LogP contribution in [0.4, 0.5) is 4.39 Å². The number of amidine groups is 1. The molecule has 3 aliphatic rings. The van der Waals surface area contributed by atoms with E-state index >= 15 is 0 Å². The summed E-state index contributed by atoms with van der Waals surface area (Å²) in [6, 6.07) is 12.9. The summed E-state index contributed by atoms with van der Waals surface area (Å²) >= 11 is 0. The van der Waals surface area contributed by atoms with Gasteiger partial charge in [-0.25, -0.2) is 9.38 Å². The van der Waals surface area contributed by atoms with Crippen molar-refractivity contribution >= 4 is 11.5 Å².